The number of carboxylic acids is 1. The first-order chi connectivity index (χ1) is 9.99. The molecule has 2 amide bonds. The van der Waals surface area contributed by atoms with Crippen LogP contribution in [-0.2, 0) is 4.79 Å². The van der Waals surface area contributed by atoms with Crippen LogP contribution in [0.25, 0.3) is 0 Å². The van der Waals surface area contributed by atoms with Crippen molar-refractivity contribution in [1.29, 1.82) is 0 Å². The Morgan fingerprint density at radius 2 is 2.00 bits per heavy atom. The average molecular weight is 291 g/mol. The number of primary amides is 1. The Morgan fingerprint density at radius 3 is 2.57 bits per heavy atom. The summed E-state index contributed by atoms with van der Waals surface area (Å²) in [5, 5.41) is 8.93. The highest BCUT2D eigenvalue weighted by Gasteiger charge is 2.28. The van der Waals surface area contributed by atoms with E-state index in [1.807, 2.05) is 0 Å². The highest BCUT2D eigenvalue weighted by molar-refractivity contribution is 5.98. The molecule has 0 saturated heterocycles. The van der Waals surface area contributed by atoms with Crippen molar-refractivity contribution in [2.75, 3.05) is 6.54 Å². The van der Waals surface area contributed by atoms with Crippen LogP contribution in [0.3, 0.4) is 0 Å². The number of amides is 2. The molecular weight excluding hydrogens is 274 g/mol. The third kappa shape index (κ3) is 3.56. The Bertz CT molecular complexity index is 567. The second-order valence-electron chi connectivity index (χ2n) is 5.07. The number of carboxylic acid groups (broad SMARTS) is 1. The van der Waals surface area contributed by atoms with Crippen LogP contribution in [0.1, 0.15) is 46.5 Å². The van der Waals surface area contributed by atoms with Crippen molar-refractivity contribution in [3.63, 3.8) is 0 Å². The van der Waals surface area contributed by atoms with E-state index in [0.29, 0.717) is 0 Å². The third-order valence-electron chi connectivity index (χ3n) is 3.58. The van der Waals surface area contributed by atoms with E-state index in [-0.39, 0.29) is 29.8 Å². The van der Waals surface area contributed by atoms with Gasteiger partial charge >= 0.3 is 5.97 Å². The van der Waals surface area contributed by atoms with Crippen molar-refractivity contribution in [3.8, 4) is 0 Å². The fourth-order valence-electron chi connectivity index (χ4n) is 2.60. The van der Waals surface area contributed by atoms with E-state index >= 15 is 0 Å². The molecule has 1 aliphatic rings. The fraction of sp³-hybridized carbons (Fsp3) is 0.429. The molecule has 21 heavy (non-hydrogen) atoms. The summed E-state index contributed by atoms with van der Waals surface area (Å²) < 4.78 is 0. The molecule has 1 heterocycles. The van der Waals surface area contributed by atoms with E-state index in [1.54, 1.807) is 0 Å². The Hall–Kier alpha value is -2.44. The number of aromatic nitrogens is 1. The number of hydrogen-bond acceptors (Lipinski definition) is 4. The predicted molar refractivity (Wildman–Crippen MR) is 73.7 cm³/mol. The summed E-state index contributed by atoms with van der Waals surface area (Å²) in [4.78, 5) is 39.8. The lowest BCUT2D eigenvalue weighted by molar-refractivity contribution is -0.119. The number of aromatic carboxylic acids is 1. The van der Waals surface area contributed by atoms with Gasteiger partial charge in [-0.3, -0.25) is 9.59 Å². The van der Waals surface area contributed by atoms with Gasteiger partial charge in [0.05, 0.1) is 6.54 Å². The topological polar surface area (TPSA) is 114 Å². The molecule has 1 aromatic rings. The Balaban J connectivity index is 2.26. The number of nitrogens with zero attached hydrogens (tertiary/aromatic N) is 2. The van der Waals surface area contributed by atoms with Gasteiger partial charge in [-0.2, -0.15) is 0 Å². The van der Waals surface area contributed by atoms with Crippen molar-refractivity contribution in [2.45, 2.75) is 31.7 Å². The minimum absolute atomic E-state index is 0.0218. The molecule has 0 bridgehead atoms. The lowest BCUT2D eigenvalue weighted by Crippen LogP contribution is -2.44. The molecule has 112 valence electrons. The summed E-state index contributed by atoms with van der Waals surface area (Å²) in [6.07, 6.45) is 4.94. The second kappa shape index (κ2) is 6.34. The van der Waals surface area contributed by atoms with Crippen LogP contribution in [0.15, 0.2) is 18.3 Å². The van der Waals surface area contributed by atoms with Gasteiger partial charge in [-0.15, -0.1) is 0 Å². The Morgan fingerprint density at radius 1 is 1.33 bits per heavy atom. The molecule has 1 saturated carbocycles. The van der Waals surface area contributed by atoms with E-state index in [4.69, 9.17) is 10.8 Å². The third-order valence-corrected chi connectivity index (χ3v) is 3.58. The van der Waals surface area contributed by atoms with Crippen LogP contribution in [0.4, 0.5) is 0 Å². The minimum atomic E-state index is -1.20. The van der Waals surface area contributed by atoms with Crippen molar-refractivity contribution in [1.82, 2.24) is 9.88 Å². The molecule has 0 atom stereocenters. The summed E-state index contributed by atoms with van der Waals surface area (Å²) in [6.45, 7) is -0.159. The SMILES string of the molecule is NC(=O)CN(C(=O)c1ccnc(C(=O)O)c1)C1CCCC1. The zero-order chi connectivity index (χ0) is 15.4. The average Bonchev–Trinajstić information content (AvgIpc) is 2.98. The Kier molecular flexibility index (Phi) is 4.52. The minimum Gasteiger partial charge on any atom is -0.477 e. The normalized spacial score (nSPS) is 14.9. The first-order valence-electron chi connectivity index (χ1n) is 6.77. The van der Waals surface area contributed by atoms with Gasteiger partial charge in [0.1, 0.15) is 5.69 Å². The summed E-state index contributed by atoms with van der Waals surface area (Å²) >= 11 is 0. The summed E-state index contributed by atoms with van der Waals surface area (Å²) in [5.41, 5.74) is 5.22. The van der Waals surface area contributed by atoms with Gasteiger partial charge in [-0.25, -0.2) is 9.78 Å². The first-order valence-corrected chi connectivity index (χ1v) is 6.77. The highest BCUT2D eigenvalue weighted by Crippen LogP contribution is 2.24. The zero-order valence-corrected chi connectivity index (χ0v) is 11.5. The fourth-order valence-corrected chi connectivity index (χ4v) is 2.60. The van der Waals surface area contributed by atoms with Crippen LogP contribution in [0, 0.1) is 0 Å². The molecule has 1 aromatic heterocycles. The van der Waals surface area contributed by atoms with Crippen molar-refractivity contribution >= 4 is 17.8 Å². The lowest BCUT2D eigenvalue weighted by atomic mass is 10.1. The maximum absolute atomic E-state index is 12.5. The molecular formula is C14H17N3O4. The lowest BCUT2D eigenvalue weighted by Gasteiger charge is -2.27. The summed E-state index contributed by atoms with van der Waals surface area (Å²) in [5.74, 6) is -2.17. The number of rotatable bonds is 5. The van der Waals surface area contributed by atoms with E-state index in [9.17, 15) is 14.4 Å². The summed E-state index contributed by atoms with van der Waals surface area (Å²) in [6, 6.07) is 2.64. The number of pyridine rings is 1. The molecule has 0 spiro atoms. The number of carbonyl (C=O) groups excluding carboxylic acids is 2. The maximum atomic E-state index is 12.5. The quantitative estimate of drug-likeness (QED) is 0.826. The number of nitrogens with two attached hydrogens (primary N) is 1. The smallest absolute Gasteiger partial charge is 0.354 e. The van der Waals surface area contributed by atoms with Crippen molar-refractivity contribution < 1.29 is 19.5 Å². The predicted octanol–water partition coefficient (Wildman–Crippen LogP) is 0.650. The van der Waals surface area contributed by atoms with Crippen LogP contribution in [-0.4, -0.2) is 45.4 Å². The molecule has 0 unspecified atom stereocenters. The maximum Gasteiger partial charge on any atom is 0.354 e. The van der Waals surface area contributed by atoms with Gasteiger partial charge in [-0.05, 0) is 25.0 Å². The van der Waals surface area contributed by atoms with Gasteiger partial charge < -0.3 is 15.7 Å². The van der Waals surface area contributed by atoms with Gasteiger partial charge in [0.2, 0.25) is 5.91 Å². The van der Waals surface area contributed by atoms with E-state index in [1.165, 1.54) is 23.2 Å². The molecule has 1 fully saturated rings. The zero-order valence-electron chi connectivity index (χ0n) is 11.5. The molecule has 0 aromatic carbocycles. The van der Waals surface area contributed by atoms with Crippen LogP contribution < -0.4 is 5.73 Å². The molecule has 2 rings (SSSR count). The van der Waals surface area contributed by atoms with Crippen molar-refractivity contribution in [2.24, 2.45) is 5.73 Å². The van der Waals surface area contributed by atoms with Gasteiger partial charge in [0.25, 0.3) is 5.91 Å². The van der Waals surface area contributed by atoms with Crippen LogP contribution in [0.2, 0.25) is 0 Å². The van der Waals surface area contributed by atoms with Crippen LogP contribution in [0.5, 0.6) is 0 Å². The van der Waals surface area contributed by atoms with Crippen LogP contribution >= 0.6 is 0 Å². The largest absolute Gasteiger partial charge is 0.477 e. The van der Waals surface area contributed by atoms with Gasteiger partial charge in [0.15, 0.2) is 0 Å². The number of carbonyl (C=O) groups is 3. The Labute approximate surface area is 121 Å². The van der Waals surface area contributed by atoms with E-state index in [2.05, 4.69) is 4.98 Å². The summed E-state index contributed by atoms with van der Waals surface area (Å²) in [7, 11) is 0. The monoisotopic (exact) mass is 291 g/mol. The van der Waals surface area contributed by atoms with E-state index in [0.717, 1.165) is 25.7 Å². The molecule has 0 aliphatic heterocycles. The first kappa shape index (κ1) is 15.0. The van der Waals surface area contributed by atoms with Crippen molar-refractivity contribution in [3.05, 3.63) is 29.6 Å². The van der Waals surface area contributed by atoms with E-state index < -0.39 is 11.9 Å². The molecule has 7 heteroatoms. The molecule has 1 aliphatic carbocycles. The standard InChI is InChI=1S/C14H17N3O4/c15-12(18)8-17(10-3-1-2-4-10)13(19)9-5-6-16-11(7-9)14(20)21/h5-7,10H,1-4,8H2,(H2,15,18)(H,20,21). The second-order valence-corrected chi connectivity index (χ2v) is 5.07. The molecule has 7 nitrogen and oxygen atoms in total. The number of hydrogen-bond donors (Lipinski definition) is 2. The molecule has 0 radical (unpaired) electrons. The highest BCUT2D eigenvalue weighted by atomic mass is 16.4. The van der Waals surface area contributed by atoms with Gasteiger partial charge in [0, 0.05) is 17.8 Å². The van der Waals surface area contributed by atoms with Gasteiger partial charge in [-0.1, -0.05) is 12.8 Å². The molecule has 3 N–H and O–H groups in total.